The molecule has 0 unspecified atom stereocenters. The van der Waals surface area contributed by atoms with Gasteiger partial charge in [-0.3, -0.25) is 5.32 Å². The molecule has 0 atom stereocenters. The highest BCUT2D eigenvalue weighted by Gasteiger charge is 2.45. The fourth-order valence-corrected chi connectivity index (χ4v) is 0.762. The van der Waals surface area contributed by atoms with E-state index in [2.05, 4.69) is 37.3 Å². The highest BCUT2D eigenvalue weighted by atomic mass is 79.9. The number of hydrogen-bond donors (Lipinski definition) is 1. The van der Waals surface area contributed by atoms with Crippen molar-refractivity contribution in [2.45, 2.75) is 0 Å². The van der Waals surface area contributed by atoms with Crippen molar-refractivity contribution in [2.75, 3.05) is 0 Å². The SMILES string of the molecule is O=C1N=C([O-])NC(=O)[N+]1(Br)Br. The number of aliphatic imine (C=N–C) groups is 1. The summed E-state index contributed by atoms with van der Waals surface area (Å²) >= 11 is 5.39. The third-order valence-electron chi connectivity index (χ3n) is 0.906. The van der Waals surface area contributed by atoms with E-state index in [0.717, 1.165) is 0 Å². The molecule has 0 aromatic carbocycles. The molecule has 8 heteroatoms. The Kier molecular flexibility index (Phi) is 1.99. The maximum Gasteiger partial charge on any atom is 0.473 e. The van der Waals surface area contributed by atoms with E-state index in [0.29, 0.717) is 0 Å². The second kappa shape index (κ2) is 2.54. The highest BCUT2D eigenvalue weighted by Crippen LogP contribution is 2.26. The lowest BCUT2D eigenvalue weighted by Crippen LogP contribution is -2.55. The number of amidine groups is 1. The van der Waals surface area contributed by atoms with Gasteiger partial charge in [0.05, 0.1) is 6.02 Å². The molecular formula is C3HBr2N3O3. The van der Waals surface area contributed by atoms with Crippen LogP contribution in [0.5, 0.6) is 0 Å². The van der Waals surface area contributed by atoms with Gasteiger partial charge in [-0.1, -0.05) is 0 Å². The Morgan fingerprint density at radius 3 is 2.45 bits per heavy atom. The van der Waals surface area contributed by atoms with Crippen LogP contribution in [0.1, 0.15) is 0 Å². The Bertz CT molecular complexity index is 261. The first kappa shape index (κ1) is 8.62. The average Bonchev–Trinajstić information content (AvgIpc) is 1.84. The molecule has 4 amide bonds. The Morgan fingerprint density at radius 2 is 2.00 bits per heavy atom. The van der Waals surface area contributed by atoms with Crippen molar-refractivity contribution in [3.8, 4) is 0 Å². The number of amides is 4. The summed E-state index contributed by atoms with van der Waals surface area (Å²) in [6.07, 6.45) is 0. The molecule has 11 heavy (non-hydrogen) atoms. The van der Waals surface area contributed by atoms with Crippen LogP contribution in [-0.2, 0) is 0 Å². The number of nitrogens with one attached hydrogen (secondary N) is 1. The molecule has 0 aliphatic carbocycles. The normalized spacial score (nSPS) is 22.5. The minimum Gasteiger partial charge on any atom is -0.845 e. The van der Waals surface area contributed by atoms with Crippen LogP contribution in [0.15, 0.2) is 4.99 Å². The van der Waals surface area contributed by atoms with E-state index in [4.69, 9.17) is 0 Å². The fraction of sp³-hybridized carbons (Fsp3) is 0. The predicted octanol–water partition coefficient (Wildman–Crippen LogP) is -0.0175. The number of nitrogens with zero attached hydrogens (tertiary/aromatic N) is 2. The van der Waals surface area contributed by atoms with Gasteiger partial charge in [0, 0.05) is 0 Å². The summed E-state index contributed by atoms with van der Waals surface area (Å²) in [5.74, 6) is 0. The van der Waals surface area contributed by atoms with Gasteiger partial charge in [0.15, 0.2) is 0 Å². The molecule has 1 rings (SSSR count). The molecule has 1 aliphatic rings. The summed E-state index contributed by atoms with van der Waals surface area (Å²) < 4.78 is -0.939. The lowest BCUT2D eigenvalue weighted by atomic mass is 10.8. The molecule has 0 aromatic rings. The van der Waals surface area contributed by atoms with Gasteiger partial charge in [-0.25, -0.2) is 9.59 Å². The van der Waals surface area contributed by atoms with Gasteiger partial charge in [-0.15, -0.1) is 0 Å². The van der Waals surface area contributed by atoms with Crippen molar-refractivity contribution in [3.05, 3.63) is 0 Å². The summed E-state index contributed by atoms with van der Waals surface area (Å²) in [5, 5.41) is 12.2. The predicted molar refractivity (Wildman–Crippen MR) is 39.5 cm³/mol. The quantitative estimate of drug-likeness (QED) is 0.636. The van der Waals surface area contributed by atoms with Gasteiger partial charge in [-0.2, -0.15) is 4.99 Å². The third kappa shape index (κ3) is 1.42. The molecule has 0 aromatic heterocycles. The molecule has 0 fully saturated rings. The first-order valence-electron chi connectivity index (χ1n) is 2.34. The Hall–Kier alpha value is -0.470. The smallest absolute Gasteiger partial charge is 0.473 e. The number of hydrogen-bond acceptors (Lipinski definition) is 3. The van der Waals surface area contributed by atoms with E-state index in [1.54, 1.807) is 0 Å². The summed E-state index contributed by atoms with van der Waals surface area (Å²) in [7, 11) is 0. The summed E-state index contributed by atoms with van der Waals surface area (Å²) in [4.78, 5) is 24.5. The molecule has 0 spiro atoms. The fourth-order valence-electron chi connectivity index (χ4n) is 0.426. The minimum atomic E-state index is -0.951. The summed E-state index contributed by atoms with van der Waals surface area (Å²) in [6.45, 7) is 0. The first-order valence-corrected chi connectivity index (χ1v) is 3.76. The maximum atomic E-state index is 10.8. The zero-order valence-electron chi connectivity index (χ0n) is 4.88. The molecule has 0 saturated carbocycles. The number of halogens is 2. The zero-order chi connectivity index (χ0) is 8.65. The van der Waals surface area contributed by atoms with Crippen LogP contribution in [0.3, 0.4) is 0 Å². The van der Waals surface area contributed by atoms with Crippen molar-refractivity contribution in [1.29, 1.82) is 0 Å². The first-order chi connectivity index (χ1) is 4.94. The van der Waals surface area contributed by atoms with Crippen molar-refractivity contribution >= 4 is 50.4 Å². The second-order valence-electron chi connectivity index (χ2n) is 1.64. The lowest BCUT2D eigenvalue weighted by molar-refractivity contribution is -0.413. The summed E-state index contributed by atoms with van der Waals surface area (Å²) in [6, 6.07) is -2.69. The monoisotopic (exact) mass is 285 g/mol. The number of carbonyl (C=O) groups excluding carboxylic acids is 2. The van der Waals surface area contributed by atoms with Crippen LogP contribution in [0.25, 0.3) is 0 Å². The van der Waals surface area contributed by atoms with Crippen LogP contribution in [0, 0.1) is 0 Å². The van der Waals surface area contributed by atoms with Gasteiger partial charge in [0.1, 0.15) is 0 Å². The van der Waals surface area contributed by atoms with Crippen LogP contribution in [-0.4, -0.2) is 20.6 Å². The molecule has 1 N–H and O–H groups in total. The standard InChI is InChI=1S/C3HBr2N3O3/c4-8(5)2(10)6-1(9)7-3(8)11/h(H-,6,7,9,10,11). The van der Waals surface area contributed by atoms with Gasteiger partial charge in [0.2, 0.25) is 0 Å². The second-order valence-corrected chi connectivity index (χ2v) is 4.72. The van der Waals surface area contributed by atoms with Crippen molar-refractivity contribution in [3.63, 3.8) is 0 Å². The van der Waals surface area contributed by atoms with Gasteiger partial charge >= 0.3 is 12.1 Å². The van der Waals surface area contributed by atoms with Crippen molar-refractivity contribution in [1.82, 2.24) is 5.32 Å². The van der Waals surface area contributed by atoms with E-state index >= 15 is 0 Å². The Balaban J connectivity index is 3.06. The van der Waals surface area contributed by atoms with Crippen LogP contribution >= 0.6 is 32.3 Å². The number of imide groups is 1. The zero-order valence-corrected chi connectivity index (χ0v) is 8.05. The number of quaternary nitrogens is 1. The van der Waals surface area contributed by atoms with Gasteiger partial charge in [-0.05, 0) is 2.54 Å². The largest absolute Gasteiger partial charge is 0.845 e. The number of urea groups is 2. The molecule has 0 saturated heterocycles. The van der Waals surface area contributed by atoms with Crippen LogP contribution in [0.4, 0.5) is 9.59 Å². The van der Waals surface area contributed by atoms with E-state index in [1.165, 1.54) is 0 Å². The molecule has 1 heterocycles. The molecule has 60 valence electrons. The molecule has 6 nitrogen and oxygen atoms in total. The molecule has 0 radical (unpaired) electrons. The molecule has 1 aliphatic heterocycles. The minimum absolute atomic E-state index is 0.824. The third-order valence-corrected chi connectivity index (χ3v) is 2.16. The van der Waals surface area contributed by atoms with E-state index in [9.17, 15) is 14.7 Å². The highest BCUT2D eigenvalue weighted by molar-refractivity contribution is 9.17. The Labute approximate surface area is 78.2 Å². The maximum absolute atomic E-state index is 10.8. The number of rotatable bonds is 0. The van der Waals surface area contributed by atoms with Crippen LogP contribution < -0.4 is 10.4 Å². The van der Waals surface area contributed by atoms with Gasteiger partial charge < -0.3 is 5.11 Å². The van der Waals surface area contributed by atoms with Crippen molar-refractivity contribution < 1.29 is 17.2 Å². The average molecular weight is 287 g/mol. The van der Waals surface area contributed by atoms with Crippen molar-refractivity contribution in [2.24, 2.45) is 4.99 Å². The molecule has 0 bridgehead atoms. The Morgan fingerprint density at radius 1 is 1.45 bits per heavy atom. The summed E-state index contributed by atoms with van der Waals surface area (Å²) in [5.41, 5.74) is 0. The van der Waals surface area contributed by atoms with E-state index < -0.39 is 20.6 Å². The van der Waals surface area contributed by atoms with E-state index in [1.807, 2.05) is 5.32 Å². The van der Waals surface area contributed by atoms with Crippen LogP contribution in [0.2, 0.25) is 0 Å². The van der Waals surface area contributed by atoms with Gasteiger partial charge in [0.25, 0.3) is 32.3 Å². The van der Waals surface area contributed by atoms with E-state index in [-0.39, 0.29) is 0 Å². The lowest BCUT2D eigenvalue weighted by Gasteiger charge is -2.21. The topological polar surface area (TPSA) is 81.6 Å². The molecular weight excluding hydrogens is 286 g/mol. The number of carbonyl (C=O) groups is 2.